The van der Waals surface area contributed by atoms with Gasteiger partial charge in [0.25, 0.3) is 0 Å². The first-order valence-electron chi connectivity index (χ1n) is 12.1. The van der Waals surface area contributed by atoms with Crippen LogP contribution >= 0.6 is 0 Å². The van der Waals surface area contributed by atoms with E-state index in [1.165, 1.54) is 6.07 Å². The van der Waals surface area contributed by atoms with Crippen LogP contribution in [0.4, 0.5) is 30.6 Å². The number of aromatic nitrogens is 2. The zero-order valence-electron chi connectivity index (χ0n) is 20.8. The van der Waals surface area contributed by atoms with Crippen molar-refractivity contribution in [3.63, 3.8) is 0 Å². The Labute approximate surface area is 213 Å². The number of nitrogens with one attached hydrogen (secondary N) is 3. The number of alkyl halides is 3. The minimum atomic E-state index is -4.39. The Kier molecular flexibility index (Phi) is 8.72. The average molecular weight is 517 g/mol. The van der Waals surface area contributed by atoms with Gasteiger partial charge in [0.1, 0.15) is 5.82 Å². The number of anilines is 3. The SMILES string of the molecule is Cc1cc(NCCN2CCOCC2)nc(N/N=C/C2=NC(C)C(Nc3cccc(C(F)(F)F)c3)C=C2)n1. The van der Waals surface area contributed by atoms with Crippen LogP contribution in [0, 0.1) is 6.92 Å². The summed E-state index contributed by atoms with van der Waals surface area (Å²) in [5.41, 5.74) is 3.96. The van der Waals surface area contributed by atoms with Crippen LogP contribution in [-0.2, 0) is 10.9 Å². The van der Waals surface area contributed by atoms with E-state index in [-0.39, 0.29) is 12.1 Å². The maximum Gasteiger partial charge on any atom is 0.416 e. The number of dihydropyridines is 1. The van der Waals surface area contributed by atoms with Crippen LogP contribution in [0.3, 0.4) is 0 Å². The van der Waals surface area contributed by atoms with Gasteiger partial charge in [-0.1, -0.05) is 12.1 Å². The van der Waals surface area contributed by atoms with Crippen LogP contribution < -0.4 is 16.1 Å². The summed E-state index contributed by atoms with van der Waals surface area (Å²) < 4.78 is 44.3. The van der Waals surface area contributed by atoms with Crippen molar-refractivity contribution >= 4 is 29.4 Å². The van der Waals surface area contributed by atoms with Crippen molar-refractivity contribution in [2.24, 2.45) is 10.1 Å². The van der Waals surface area contributed by atoms with Gasteiger partial charge in [0.2, 0.25) is 5.95 Å². The molecule has 2 unspecified atom stereocenters. The highest BCUT2D eigenvalue weighted by Crippen LogP contribution is 2.31. The lowest BCUT2D eigenvalue weighted by atomic mass is 10.0. The summed E-state index contributed by atoms with van der Waals surface area (Å²) in [6.07, 6.45) is 0.803. The second-order valence-corrected chi connectivity index (χ2v) is 8.87. The first-order valence-corrected chi connectivity index (χ1v) is 12.1. The summed E-state index contributed by atoms with van der Waals surface area (Å²) in [7, 11) is 0. The fourth-order valence-corrected chi connectivity index (χ4v) is 3.98. The molecule has 3 heterocycles. The van der Waals surface area contributed by atoms with Crippen LogP contribution in [0.5, 0.6) is 0 Å². The van der Waals surface area contributed by atoms with Crippen LogP contribution in [-0.4, -0.2) is 78.3 Å². The van der Waals surface area contributed by atoms with Gasteiger partial charge < -0.3 is 15.4 Å². The Morgan fingerprint density at radius 3 is 2.76 bits per heavy atom. The van der Waals surface area contributed by atoms with Crippen molar-refractivity contribution in [1.29, 1.82) is 0 Å². The largest absolute Gasteiger partial charge is 0.416 e. The summed E-state index contributed by atoms with van der Waals surface area (Å²) in [6, 6.07) is 6.55. The molecule has 2 aliphatic rings. The zero-order chi connectivity index (χ0) is 26.3. The Hall–Kier alpha value is -3.51. The summed E-state index contributed by atoms with van der Waals surface area (Å²) in [5, 5.41) is 10.6. The predicted molar refractivity (Wildman–Crippen MR) is 140 cm³/mol. The molecular formula is C25H31F3N8O. The minimum absolute atomic E-state index is 0.210. The summed E-state index contributed by atoms with van der Waals surface area (Å²) >= 11 is 0. The van der Waals surface area contributed by atoms with Gasteiger partial charge in [0.05, 0.1) is 42.8 Å². The van der Waals surface area contributed by atoms with Crippen molar-refractivity contribution in [2.75, 3.05) is 55.5 Å². The highest BCUT2D eigenvalue weighted by atomic mass is 19.4. The molecule has 1 aromatic heterocycles. The van der Waals surface area contributed by atoms with E-state index >= 15 is 0 Å². The molecule has 0 radical (unpaired) electrons. The summed E-state index contributed by atoms with van der Waals surface area (Å²) in [4.78, 5) is 15.7. The van der Waals surface area contributed by atoms with Crippen LogP contribution in [0.1, 0.15) is 18.2 Å². The predicted octanol–water partition coefficient (Wildman–Crippen LogP) is 3.83. The maximum absolute atomic E-state index is 13.0. The van der Waals surface area contributed by atoms with Crippen LogP contribution in [0.15, 0.2) is 52.6 Å². The molecule has 1 aromatic carbocycles. The van der Waals surface area contributed by atoms with E-state index < -0.39 is 11.7 Å². The number of nitrogens with zero attached hydrogens (tertiary/aromatic N) is 5. The standard InChI is InChI=1S/C25H31F3N8O/c1-17-14-23(29-8-9-36-10-12-37-13-11-36)34-24(31-17)35-30-16-21-6-7-22(18(2)32-21)33-20-5-3-4-19(15-20)25(26,27)28/h3-7,14-16,18,22,33H,8-13H2,1-2H3,(H2,29,31,34,35)/b30-16+. The van der Waals surface area contributed by atoms with E-state index in [4.69, 9.17) is 4.74 Å². The third kappa shape index (κ3) is 7.99. The normalized spacial score (nSPS) is 20.6. The third-order valence-electron chi connectivity index (χ3n) is 5.92. The van der Waals surface area contributed by atoms with Gasteiger partial charge in [0, 0.05) is 43.6 Å². The van der Waals surface area contributed by atoms with Crippen LogP contribution in [0.2, 0.25) is 0 Å². The minimum Gasteiger partial charge on any atom is -0.379 e. The number of aryl methyl sites for hydroxylation is 1. The van der Waals surface area contributed by atoms with E-state index in [0.29, 0.717) is 23.2 Å². The molecule has 0 aliphatic carbocycles. The summed E-state index contributed by atoms with van der Waals surface area (Å²) in [6.45, 7) is 8.84. The van der Waals surface area contributed by atoms with E-state index in [1.807, 2.05) is 26.0 Å². The van der Waals surface area contributed by atoms with Gasteiger partial charge in [0.15, 0.2) is 0 Å². The van der Waals surface area contributed by atoms with E-state index in [2.05, 4.69) is 41.0 Å². The molecule has 3 N–H and O–H groups in total. The molecule has 1 saturated heterocycles. The van der Waals surface area contributed by atoms with Gasteiger partial charge in [-0.3, -0.25) is 9.89 Å². The fourth-order valence-electron chi connectivity index (χ4n) is 3.98. The molecule has 2 aliphatic heterocycles. The Morgan fingerprint density at radius 2 is 2.00 bits per heavy atom. The summed E-state index contributed by atoms with van der Waals surface area (Å²) in [5.74, 6) is 1.08. The van der Waals surface area contributed by atoms with Crippen LogP contribution in [0.25, 0.3) is 0 Å². The molecule has 2 atom stereocenters. The van der Waals surface area contributed by atoms with Gasteiger partial charge in [-0.15, -0.1) is 0 Å². The molecule has 0 saturated carbocycles. The highest BCUT2D eigenvalue weighted by Gasteiger charge is 2.30. The van der Waals surface area contributed by atoms with E-state index in [0.717, 1.165) is 57.2 Å². The number of hydrogen-bond donors (Lipinski definition) is 3. The first kappa shape index (κ1) is 26.6. The molecule has 37 heavy (non-hydrogen) atoms. The lowest BCUT2D eigenvalue weighted by molar-refractivity contribution is -0.137. The van der Waals surface area contributed by atoms with Crippen molar-refractivity contribution < 1.29 is 17.9 Å². The molecule has 198 valence electrons. The van der Waals surface area contributed by atoms with Crippen molar-refractivity contribution in [2.45, 2.75) is 32.1 Å². The Morgan fingerprint density at radius 1 is 1.19 bits per heavy atom. The van der Waals surface area contributed by atoms with Gasteiger partial charge in [-0.2, -0.15) is 23.3 Å². The number of hydrazone groups is 1. The molecule has 0 spiro atoms. The number of allylic oxidation sites excluding steroid dienone is 1. The molecule has 4 rings (SSSR count). The zero-order valence-corrected chi connectivity index (χ0v) is 20.8. The lowest BCUT2D eigenvalue weighted by Gasteiger charge is -2.26. The quantitative estimate of drug-likeness (QED) is 0.344. The maximum atomic E-state index is 13.0. The number of hydrogen-bond acceptors (Lipinski definition) is 9. The number of ether oxygens (including phenoxy) is 1. The Bertz CT molecular complexity index is 1140. The number of halogens is 3. The first-order chi connectivity index (χ1) is 17.8. The second kappa shape index (κ2) is 12.2. The fraction of sp³-hybridized carbons (Fsp3) is 0.440. The number of morpholine rings is 1. The van der Waals surface area contributed by atoms with E-state index in [1.54, 1.807) is 18.4 Å². The Balaban J connectivity index is 1.28. The number of aliphatic imine (C=N–C) groups is 1. The highest BCUT2D eigenvalue weighted by molar-refractivity contribution is 6.36. The smallest absolute Gasteiger partial charge is 0.379 e. The molecule has 0 bridgehead atoms. The van der Waals surface area contributed by atoms with E-state index in [9.17, 15) is 13.2 Å². The molecule has 2 aromatic rings. The molecule has 9 nitrogen and oxygen atoms in total. The monoisotopic (exact) mass is 516 g/mol. The van der Waals surface area contributed by atoms with Crippen molar-refractivity contribution in [3.8, 4) is 0 Å². The molecule has 1 fully saturated rings. The molecular weight excluding hydrogens is 485 g/mol. The van der Waals surface area contributed by atoms with Crippen molar-refractivity contribution in [3.05, 3.63) is 53.7 Å². The topological polar surface area (TPSA) is 99.1 Å². The van der Waals surface area contributed by atoms with Gasteiger partial charge >= 0.3 is 6.18 Å². The number of benzene rings is 1. The number of rotatable bonds is 9. The van der Waals surface area contributed by atoms with Gasteiger partial charge in [-0.25, -0.2) is 10.4 Å². The molecule has 0 amide bonds. The van der Waals surface area contributed by atoms with Gasteiger partial charge in [-0.05, 0) is 38.1 Å². The lowest BCUT2D eigenvalue weighted by Crippen LogP contribution is -2.39. The average Bonchev–Trinajstić information content (AvgIpc) is 2.86. The van der Waals surface area contributed by atoms with Crippen molar-refractivity contribution in [1.82, 2.24) is 14.9 Å². The second-order valence-electron chi connectivity index (χ2n) is 8.87. The molecule has 12 heteroatoms. The third-order valence-corrected chi connectivity index (χ3v) is 5.92.